The molecule has 21 heavy (non-hydrogen) atoms. The number of hydrogen-bond donors (Lipinski definition) is 2. The van der Waals surface area contributed by atoms with Crippen molar-refractivity contribution < 1.29 is 5.11 Å². The maximum absolute atomic E-state index is 10.7. The zero-order chi connectivity index (χ0) is 15.0. The van der Waals surface area contributed by atoms with Crippen LogP contribution in [0, 0.1) is 5.92 Å². The van der Waals surface area contributed by atoms with E-state index in [1.165, 1.54) is 6.42 Å². The summed E-state index contributed by atoms with van der Waals surface area (Å²) in [6.45, 7) is 1.72. The molecule has 1 aliphatic heterocycles. The Hall–Kier alpha value is -0.840. The molecule has 5 heteroatoms. The van der Waals surface area contributed by atoms with Gasteiger partial charge in [0.05, 0.1) is 16.3 Å². The number of benzene rings is 1. The fraction of sp³-hybridized carbons (Fsp3) is 0.562. The van der Waals surface area contributed by atoms with E-state index in [1.54, 1.807) is 0 Å². The molecule has 0 radical (unpaired) electrons. The van der Waals surface area contributed by atoms with E-state index in [0.29, 0.717) is 15.9 Å². The lowest BCUT2D eigenvalue weighted by Crippen LogP contribution is -2.53. The first kappa shape index (κ1) is 15.1. The lowest BCUT2D eigenvalue weighted by molar-refractivity contribution is -0.0612. The number of halogens is 1. The molecular weight excluding hydrogens is 304 g/mol. The maximum atomic E-state index is 10.7. The highest BCUT2D eigenvalue weighted by Crippen LogP contribution is 2.42. The molecule has 1 aromatic carbocycles. The zero-order valence-electron chi connectivity index (χ0n) is 12.0. The van der Waals surface area contributed by atoms with E-state index in [-0.39, 0.29) is 0 Å². The average Bonchev–Trinajstić information content (AvgIpc) is 2.46. The monoisotopic (exact) mass is 324 g/mol. The van der Waals surface area contributed by atoms with Crippen LogP contribution in [0.1, 0.15) is 37.7 Å². The summed E-state index contributed by atoms with van der Waals surface area (Å²) in [6, 6.07) is 5.75. The SMILES string of the molecule is NC(=S)c1ccc(N2CCC3(O)CCCCC3C2)c(Cl)c1. The van der Waals surface area contributed by atoms with Crippen LogP contribution >= 0.6 is 23.8 Å². The standard InChI is InChI=1S/C16H21ClN2OS/c17-13-9-11(15(18)21)4-5-14(13)19-8-7-16(20)6-2-1-3-12(16)10-19/h4-5,9,12,20H,1-3,6-8,10H2,(H2,18,21). The summed E-state index contributed by atoms with van der Waals surface area (Å²) in [5.41, 5.74) is 7.00. The van der Waals surface area contributed by atoms with Gasteiger partial charge in [0.15, 0.2) is 0 Å². The fourth-order valence-corrected chi connectivity index (χ4v) is 4.13. The van der Waals surface area contributed by atoms with Crippen molar-refractivity contribution in [2.45, 2.75) is 37.7 Å². The Labute approximate surface area is 136 Å². The average molecular weight is 325 g/mol. The van der Waals surface area contributed by atoms with Gasteiger partial charge in [-0.05, 0) is 37.5 Å². The highest BCUT2D eigenvalue weighted by Gasteiger charge is 2.42. The molecule has 2 aliphatic rings. The van der Waals surface area contributed by atoms with Gasteiger partial charge >= 0.3 is 0 Å². The molecular formula is C16H21ClN2OS. The Balaban J connectivity index is 1.81. The number of thiocarbonyl (C=S) groups is 1. The molecule has 3 nitrogen and oxygen atoms in total. The number of piperidine rings is 1. The van der Waals surface area contributed by atoms with E-state index in [0.717, 1.165) is 50.0 Å². The number of aliphatic hydroxyl groups is 1. The second-order valence-corrected chi connectivity index (χ2v) is 7.12. The number of hydrogen-bond acceptors (Lipinski definition) is 3. The molecule has 1 heterocycles. The molecule has 3 N–H and O–H groups in total. The highest BCUT2D eigenvalue weighted by molar-refractivity contribution is 7.80. The molecule has 114 valence electrons. The van der Waals surface area contributed by atoms with E-state index in [1.807, 2.05) is 18.2 Å². The van der Waals surface area contributed by atoms with Crippen molar-refractivity contribution in [1.29, 1.82) is 0 Å². The quantitative estimate of drug-likeness (QED) is 0.821. The summed E-state index contributed by atoms with van der Waals surface area (Å²) in [4.78, 5) is 2.65. The van der Waals surface area contributed by atoms with Crippen LogP contribution < -0.4 is 10.6 Å². The Morgan fingerprint density at radius 2 is 2.19 bits per heavy atom. The number of fused-ring (bicyclic) bond motifs is 1. The normalized spacial score (nSPS) is 29.0. The van der Waals surface area contributed by atoms with Gasteiger partial charge in [-0.25, -0.2) is 0 Å². The predicted molar refractivity (Wildman–Crippen MR) is 91.1 cm³/mol. The molecule has 0 aromatic heterocycles. The molecule has 2 atom stereocenters. The number of nitrogens with zero attached hydrogens (tertiary/aromatic N) is 1. The van der Waals surface area contributed by atoms with Crippen molar-refractivity contribution in [1.82, 2.24) is 0 Å². The van der Waals surface area contributed by atoms with E-state index < -0.39 is 5.60 Å². The van der Waals surface area contributed by atoms with E-state index in [9.17, 15) is 5.11 Å². The smallest absolute Gasteiger partial charge is 0.104 e. The lowest BCUT2D eigenvalue weighted by atomic mass is 9.71. The topological polar surface area (TPSA) is 49.5 Å². The Kier molecular flexibility index (Phi) is 4.12. The maximum Gasteiger partial charge on any atom is 0.104 e. The van der Waals surface area contributed by atoms with Crippen molar-refractivity contribution in [3.8, 4) is 0 Å². The lowest BCUT2D eigenvalue weighted by Gasteiger charge is -2.48. The van der Waals surface area contributed by atoms with Gasteiger partial charge in [0.25, 0.3) is 0 Å². The van der Waals surface area contributed by atoms with Crippen molar-refractivity contribution in [2.24, 2.45) is 11.7 Å². The summed E-state index contributed by atoms with van der Waals surface area (Å²) < 4.78 is 0. The first-order chi connectivity index (χ1) is 9.99. The van der Waals surface area contributed by atoms with Crippen molar-refractivity contribution >= 4 is 34.5 Å². The molecule has 1 saturated heterocycles. The molecule has 1 aliphatic carbocycles. The number of anilines is 1. The molecule has 3 rings (SSSR count). The minimum atomic E-state index is -0.458. The van der Waals surface area contributed by atoms with Crippen LogP contribution in [0.4, 0.5) is 5.69 Å². The molecule has 2 unspecified atom stereocenters. The predicted octanol–water partition coefficient (Wildman–Crippen LogP) is 3.11. The van der Waals surface area contributed by atoms with Crippen LogP contribution in [-0.2, 0) is 0 Å². The zero-order valence-corrected chi connectivity index (χ0v) is 13.6. The summed E-state index contributed by atoms with van der Waals surface area (Å²) in [5, 5.41) is 11.4. The summed E-state index contributed by atoms with van der Waals surface area (Å²) in [7, 11) is 0. The third-order valence-electron chi connectivity index (χ3n) is 5.00. The summed E-state index contributed by atoms with van der Waals surface area (Å²) in [6.07, 6.45) is 5.24. The Morgan fingerprint density at radius 3 is 2.90 bits per heavy atom. The molecule has 2 fully saturated rings. The second kappa shape index (κ2) is 5.75. The largest absolute Gasteiger partial charge is 0.389 e. The Bertz CT molecular complexity index is 565. The van der Waals surface area contributed by atoms with Crippen LogP contribution in [0.25, 0.3) is 0 Å². The third-order valence-corrected chi connectivity index (χ3v) is 5.54. The summed E-state index contributed by atoms with van der Waals surface area (Å²) in [5.74, 6) is 0.353. The van der Waals surface area contributed by atoms with Gasteiger partial charge in [0, 0.05) is 24.6 Å². The van der Waals surface area contributed by atoms with E-state index >= 15 is 0 Å². The first-order valence-corrected chi connectivity index (χ1v) is 8.35. The van der Waals surface area contributed by atoms with Gasteiger partial charge in [-0.3, -0.25) is 0 Å². The molecule has 0 amide bonds. The van der Waals surface area contributed by atoms with Gasteiger partial charge in [-0.2, -0.15) is 0 Å². The number of rotatable bonds is 2. The molecule has 0 spiro atoms. The third kappa shape index (κ3) is 2.89. The van der Waals surface area contributed by atoms with Crippen LogP contribution in [-0.4, -0.2) is 28.8 Å². The second-order valence-electron chi connectivity index (χ2n) is 6.27. The molecule has 1 saturated carbocycles. The fourth-order valence-electron chi connectivity index (χ4n) is 3.71. The van der Waals surface area contributed by atoms with Crippen LogP contribution in [0.5, 0.6) is 0 Å². The van der Waals surface area contributed by atoms with Crippen LogP contribution in [0.3, 0.4) is 0 Å². The van der Waals surface area contributed by atoms with E-state index in [2.05, 4.69) is 4.90 Å². The first-order valence-electron chi connectivity index (χ1n) is 7.56. The van der Waals surface area contributed by atoms with Gasteiger partial charge in [-0.1, -0.05) is 36.7 Å². The van der Waals surface area contributed by atoms with Crippen molar-refractivity contribution in [2.75, 3.05) is 18.0 Å². The Morgan fingerprint density at radius 1 is 1.38 bits per heavy atom. The molecule has 1 aromatic rings. The summed E-state index contributed by atoms with van der Waals surface area (Å²) >= 11 is 11.4. The van der Waals surface area contributed by atoms with Gasteiger partial charge in [-0.15, -0.1) is 0 Å². The van der Waals surface area contributed by atoms with Gasteiger partial charge < -0.3 is 15.7 Å². The van der Waals surface area contributed by atoms with Crippen LogP contribution in [0.15, 0.2) is 18.2 Å². The molecule has 0 bridgehead atoms. The highest BCUT2D eigenvalue weighted by atomic mass is 35.5. The van der Waals surface area contributed by atoms with Gasteiger partial charge in [0.2, 0.25) is 0 Å². The van der Waals surface area contributed by atoms with Crippen LogP contribution in [0.2, 0.25) is 5.02 Å². The van der Waals surface area contributed by atoms with Crippen molar-refractivity contribution in [3.05, 3.63) is 28.8 Å². The van der Waals surface area contributed by atoms with Gasteiger partial charge in [0.1, 0.15) is 4.99 Å². The van der Waals surface area contributed by atoms with Crippen molar-refractivity contribution in [3.63, 3.8) is 0 Å². The number of nitrogens with two attached hydrogens (primary N) is 1. The minimum Gasteiger partial charge on any atom is -0.389 e. The van der Waals surface area contributed by atoms with E-state index in [4.69, 9.17) is 29.6 Å². The minimum absolute atomic E-state index is 0.353.